The van der Waals surface area contributed by atoms with E-state index in [1.165, 1.54) is 17.4 Å². The van der Waals surface area contributed by atoms with Crippen molar-refractivity contribution in [3.8, 4) is 11.5 Å². The molecule has 158 valence electrons. The number of ether oxygens (including phenoxy) is 2. The molecular formula is C21H19F3N2O3S. The third-order valence-electron chi connectivity index (χ3n) is 4.09. The lowest BCUT2D eigenvalue weighted by atomic mass is 10.1. The molecule has 5 nitrogen and oxygen atoms in total. The van der Waals surface area contributed by atoms with Crippen molar-refractivity contribution in [1.29, 1.82) is 0 Å². The number of carbonyl (C=O) groups excluding carboxylic acids is 1. The molecule has 0 spiro atoms. The van der Waals surface area contributed by atoms with Gasteiger partial charge in [0.05, 0.1) is 25.7 Å². The summed E-state index contributed by atoms with van der Waals surface area (Å²) in [5, 5.41) is 3.07. The van der Waals surface area contributed by atoms with E-state index in [4.69, 9.17) is 9.47 Å². The maximum atomic E-state index is 12.8. The lowest BCUT2D eigenvalue weighted by molar-refractivity contribution is -0.137. The third kappa shape index (κ3) is 6.21. The van der Waals surface area contributed by atoms with E-state index >= 15 is 0 Å². The van der Waals surface area contributed by atoms with Gasteiger partial charge < -0.3 is 14.8 Å². The molecule has 1 heterocycles. The molecule has 0 unspecified atom stereocenters. The number of amides is 1. The van der Waals surface area contributed by atoms with Gasteiger partial charge in [0.2, 0.25) is 5.91 Å². The number of nitrogens with zero attached hydrogens (tertiary/aromatic N) is 1. The van der Waals surface area contributed by atoms with Gasteiger partial charge in [0, 0.05) is 17.5 Å². The van der Waals surface area contributed by atoms with Gasteiger partial charge in [0.1, 0.15) is 11.5 Å². The second-order valence-corrected chi connectivity index (χ2v) is 7.44. The molecule has 30 heavy (non-hydrogen) atoms. The summed E-state index contributed by atoms with van der Waals surface area (Å²) >= 11 is 1.22. The maximum absolute atomic E-state index is 12.8. The van der Waals surface area contributed by atoms with E-state index < -0.39 is 11.7 Å². The highest BCUT2D eigenvalue weighted by Crippen LogP contribution is 2.30. The molecule has 1 amide bonds. The summed E-state index contributed by atoms with van der Waals surface area (Å²) in [4.78, 5) is 16.9. The highest BCUT2D eigenvalue weighted by molar-refractivity contribution is 7.15. The average molecular weight is 436 g/mol. The molecule has 0 bridgehead atoms. The quantitative estimate of drug-likeness (QED) is 0.529. The van der Waals surface area contributed by atoms with E-state index in [-0.39, 0.29) is 18.9 Å². The van der Waals surface area contributed by atoms with Crippen molar-refractivity contribution in [2.75, 3.05) is 19.0 Å². The number of carbonyl (C=O) groups is 1. The number of hydrogen-bond acceptors (Lipinski definition) is 5. The van der Waals surface area contributed by atoms with Crippen LogP contribution in [0, 0.1) is 0 Å². The molecule has 0 fully saturated rings. The Morgan fingerprint density at radius 2 is 1.87 bits per heavy atom. The molecule has 0 aliphatic carbocycles. The Morgan fingerprint density at radius 3 is 2.57 bits per heavy atom. The van der Waals surface area contributed by atoms with Crippen LogP contribution in [0.25, 0.3) is 0 Å². The Labute approximate surface area is 175 Å². The second-order valence-electron chi connectivity index (χ2n) is 6.33. The zero-order valence-corrected chi connectivity index (χ0v) is 16.8. The first-order chi connectivity index (χ1) is 14.3. The van der Waals surface area contributed by atoms with Crippen LogP contribution >= 0.6 is 11.3 Å². The van der Waals surface area contributed by atoms with E-state index in [1.54, 1.807) is 43.6 Å². The molecule has 2 aromatic carbocycles. The Hall–Kier alpha value is -3.07. The van der Waals surface area contributed by atoms with Gasteiger partial charge in [-0.1, -0.05) is 18.2 Å². The summed E-state index contributed by atoms with van der Waals surface area (Å²) < 4.78 is 49.1. The van der Waals surface area contributed by atoms with Crippen LogP contribution in [-0.4, -0.2) is 24.6 Å². The topological polar surface area (TPSA) is 60.5 Å². The fourth-order valence-electron chi connectivity index (χ4n) is 2.62. The third-order valence-corrected chi connectivity index (χ3v) is 5.00. The zero-order chi connectivity index (χ0) is 21.6. The maximum Gasteiger partial charge on any atom is 0.416 e. The average Bonchev–Trinajstić information content (AvgIpc) is 3.14. The standard InChI is InChI=1S/C21H19F3N2O3S/c1-28-16-5-7-17(8-6-16)29-10-9-19(27)26-20-25-13-18(30-20)12-14-3-2-4-15(11-14)21(22,23)24/h2-8,11,13H,9-10,12H2,1H3,(H,25,26,27). The van der Waals surface area contributed by atoms with Crippen molar-refractivity contribution in [1.82, 2.24) is 4.98 Å². The predicted octanol–water partition coefficient (Wildman–Crippen LogP) is 5.17. The minimum Gasteiger partial charge on any atom is -0.497 e. The van der Waals surface area contributed by atoms with Crippen molar-refractivity contribution in [2.45, 2.75) is 19.0 Å². The van der Waals surface area contributed by atoms with Crippen molar-refractivity contribution in [2.24, 2.45) is 0 Å². The fourth-order valence-corrected chi connectivity index (χ4v) is 3.48. The van der Waals surface area contributed by atoms with Crippen LogP contribution < -0.4 is 14.8 Å². The molecule has 0 atom stereocenters. The minimum absolute atomic E-state index is 0.134. The molecule has 1 aromatic heterocycles. The highest BCUT2D eigenvalue weighted by Gasteiger charge is 2.30. The molecular weight excluding hydrogens is 417 g/mol. The molecule has 0 radical (unpaired) electrons. The Morgan fingerprint density at radius 1 is 1.13 bits per heavy atom. The lowest BCUT2D eigenvalue weighted by Gasteiger charge is -2.08. The molecule has 3 rings (SSSR count). The van der Waals surface area contributed by atoms with E-state index in [0.717, 1.165) is 17.0 Å². The number of halogens is 3. The summed E-state index contributed by atoms with van der Waals surface area (Å²) in [6.45, 7) is 0.195. The monoisotopic (exact) mass is 436 g/mol. The Kier molecular flexibility index (Phi) is 6.94. The van der Waals surface area contributed by atoms with Crippen molar-refractivity contribution < 1.29 is 27.4 Å². The summed E-state index contributed by atoms with van der Waals surface area (Å²) in [6.07, 6.45) is -2.39. The number of methoxy groups -OCH3 is 1. The van der Waals surface area contributed by atoms with Crippen LogP contribution in [0.1, 0.15) is 22.4 Å². The van der Waals surface area contributed by atoms with Crippen molar-refractivity contribution >= 4 is 22.4 Å². The van der Waals surface area contributed by atoms with E-state index in [0.29, 0.717) is 28.6 Å². The van der Waals surface area contributed by atoms with Crippen LogP contribution in [-0.2, 0) is 17.4 Å². The molecule has 1 N–H and O–H groups in total. The SMILES string of the molecule is COc1ccc(OCCC(=O)Nc2ncc(Cc3cccc(C(F)(F)F)c3)s2)cc1. The molecule has 0 aliphatic heterocycles. The first-order valence-electron chi connectivity index (χ1n) is 9.01. The van der Waals surface area contributed by atoms with E-state index in [9.17, 15) is 18.0 Å². The lowest BCUT2D eigenvalue weighted by Crippen LogP contribution is -2.14. The zero-order valence-electron chi connectivity index (χ0n) is 16.0. The Balaban J connectivity index is 1.48. The number of rotatable bonds is 8. The van der Waals surface area contributed by atoms with Gasteiger partial charge >= 0.3 is 6.18 Å². The summed E-state index contributed by atoms with van der Waals surface area (Å²) in [5.41, 5.74) is -0.158. The first kappa shape index (κ1) is 21.6. The second kappa shape index (κ2) is 9.62. The number of aromatic nitrogens is 1. The van der Waals surface area contributed by atoms with Crippen LogP contribution in [0.3, 0.4) is 0 Å². The molecule has 0 saturated carbocycles. The summed E-state index contributed by atoms with van der Waals surface area (Å²) in [6, 6.07) is 12.2. The summed E-state index contributed by atoms with van der Waals surface area (Å²) in [5.74, 6) is 1.08. The van der Waals surface area contributed by atoms with E-state index in [1.807, 2.05) is 0 Å². The number of benzene rings is 2. The van der Waals surface area contributed by atoms with Gasteiger partial charge in [0.25, 0.3) is 0 Å². The molecule has 3 aromatic rings. The number of anilines is 1. The van der Waals surface area contributed by atoms with Gasteiger partial charge in [0.15, 0.2) is 5.13 Å². The smallest absolute Gasteiger partial charge is 0.416 e. The summed E-state index contributed by atoms with van der Waals surface area (Å²) in [7, 11) is 1.57. The molecule has 9 heteroatoms. The predicted molar refractivity (Wildman–Crippen MR) is 108 cm³/mol. The number of thiazole rings is 1. The van der Waals surface area contributed by atoms with Crippen LogP contribution in [0.4, 0.5) is 18.3 Å². The molecule has 0 saturated heterocycles. The van der Waals surface area contributed by atoms with Crippen molar-refractivity contribution in [3.05, 3.63) is 70.7 Å². The number of hydrogen-bond donors (Lipinski definition) is 1. The van der Waals surface area contributed by atoms with Crippen LogP contribution in [0.15, 0.2) is 54.7 Å². The molecule has 0 aliphatic rings. The Bertz CT molecular complexity index is 988. The van der Waals surface area contributed by atoms with Gasteiger partial charge in [-0.05, 0) is 35.9 Å². The minimum atomic E-state index is -4.38. The fraction of sp³-hybridized carbons (Fsp3) is 0.238. The largest absolute Gasteiger partial charge is 0.497 e. The van der Waals surface area contributed by atoms with Crippen LogP contribution in [0.5, 0.6) is 11.5 Å². The van der Waals surface area contributed by atoms with Crippen molar-refractivity contribution in [3.63, 3.8) is 0 Å². The van der Waals surface area contributed by atoms with Gasteiger partial charge in [-0.25, -0.2) is 4.98 Å². The van der Waals surface area contributed by atoms with Gasteiger partial charge in [-0.3, -0.25) is 4.79 Å². The van der Waals surface area contributed by atoms with Crippen LogP contribution in [0.2, 0.25) is 0 Å². The normalized spacial score (nSPS) is 11.2. The number of alkyl halides is 3. The first-order valence-corrected chi connectivity index (χ1v) is 9.82. The van der Waals surface area contributed by atoms with Gasteiger partial charge in [-0.2, -0.15) is 13.2 Å². The number of nitrogens with one attached hydrogen (secondary N) is 1. The van der Waals surface area contributed by atoms with Gasteiger partial charge in [-0.15, -0.1) is 11.3 Å². The highest BCUT2D eigenvalue weighted by atomic mass is 32.1. The van der Waals surface area contributed by atoms with E-state index in [2.05, 4.69) is 10.3 Å².